The van der Waals surface area contributed by atoms with Crippen LogP contribution in [0.2, 0.25) is 0 Å². The maximum absolute atomic E-state index is 4.10. The lowest BCUT2D eigenvalue weighted by atomic mass is 9.57. The van der Waals surface area contributed by atoms with Gasteiger partial charge >= 0.3 is 0 Å². The molecule has 3 aromatic carbocycles. The lowest BCUT2D eigenvalue weighted by Gasteiger charge is -2.46. The van der Waals surface area contributed by atoms with Crippen molar-refractivity contribution < 1.29 is 0 Å². The topological polar surface area (TPSA) is 0 Å². The first-order chi connectivity index (χ1) is 14.4. The average molecular weight is 379 g/mol. The minimum Gasteiger partial charge on any atom is -0.103 e. The highest BCUT2D eigenvalue weighted by atomic mass is 14.5. The number of hydrogen-bond acceptors (Lipinski definition) is 0. The third-order valence-corrected chi connectivity index (χ3v) is 7.51. The fraction of sp³-hybridized carbons (Fsp3) is 0.310. The molecule has 0 aromatic heterocycles. The van der Waals surface area contributed by atoms with E-state index in [1.165, 1.54) is 59.9 Å². The number of allylic oxidation sites excluding steroid dienone is 1. The van der Waals surface area contributed by atoms with Gasteiger partial charge < -0.3 is 0 Å². The predicted octanol–water partition coefficient (Wildman–Crippen LogP) is 7.89. The molecule has 0 aliphatic heterocycles. The molecule has 0 amide bonds. The zero-order valence-electron chi connectivity index (χ0n) is 17.2. The highest BCUT2D eigenvalue weighted by Gasteiger charge is 2.50. The molecule has 1 atom stereocenters. The largest absolute Gasteiger partial charge is 0.103 e. The van der Waals surface area contributed by atoms with Crippen molar-refractivity contribution in [1.29, 1.82) is 0 Å². The van der Waals surface area contributed by atoms with Crippen molar-refractivity contribution in [2.24, 2.45) is 5.92 Å². The summed E-state index contributed by atoms with van der Waals surface area (Å²) in [5.74, 6) is 1.13. The number of benzene rings is 3. The molecule has 0 bridgehead atoms. The summed E-state index contributed by atoms with van der Waals surface area (Å²) in [4.78, 5) is 0. The average Bonchev–Trinajstić information content (AvgIpc) is 3.43. The first-order valence-electron chi connectivity index (χ1n) is 11.2. The Morgan fingerprint density at radius 3 is 1.90 bits per heavy atom. The molecule has 0 heteroatoms. The zero-order chi connectivity index (χ0) is 19.7. The van der Waals surface area contributed by atoms with E-state index in [-0.39, 0.29) is 5.41 Å². The van der Waals surface area contributed by atoms with Crippen LogP contribution in [0.25, 0.3) is 11.1 Å². The standard InChI is InChI=1S/C29H30/c1-2-3-21-29(23-15-7-8-16-23,22-13-5-4-6-14-22)28-26-19-11-9-17-24(26)25-18-10-12-20-27(25)28/h2,4-6,9-14,17-20,23,28H,1,3,7-8,15-16,21H2. The number of hydrogen-bond donors (Lipinski definition) is 0. The smallest absolute Gasteiger partial charge is 0.0201 e. The molecule has 1 fully saturated rings. The van der Waals surface area contributed by atoms with Gasteiger partial charge in [0.15, 0.2) is 0 Å². The maximum Gasteiger partial charge on any atom is 0.0201 e. The molecule has 0 saturated heterocycles. The molecule has 29 heavy (non-hydrogen) atoms. The van der Waals surface area contributed by atoms with Crippen molar-refractivity contribution in [3.8, 4) is 11.1 Å². The van der Waals surface area contributed by atoms with Crippen LogP contribution in [0.15, 0.2) is 91.5 Å². The molecule has 0 spiro atoms. The highest BCUT2D eigenvalue weighted by Crippen LogP contribution is 2.60. The summed E-state index contributed by atoms with van der Waals surface area (Å²) in [6.07, 6.45) is 9.76. The molecule has 146 valence electrons. The Bertz CT molecular complexity index is 948. The van der Waals surface area contributed by atoms with Gasteiger partial charge in [0.2, 0.25) is 0 Å². The van der Waals surface area contributed by atoms with Gasteiger partial charge in [-0.1, -0.05) is 97.8 Å². The summed E-state index contributed by atoms with van der Waals surface area (Å²) >= 11 is 0. The SMILES string of the molecule is C=CCCC(c1ccccc1)(C1CCCC1)C1c2ccccc2-c2ccccc21. The van der Waals surface area contributed by atoms with Gasteiger partial charge in [-0.15, -0.1) is 6.58 Å². The van der Waals surface area contributed by atoms with Gasteiger partial charge in [0.05, 0.1) is 0 Å². The molecule has 5 rings (SSSR count). The normalized spacial score (nSPS) is 18.2. The van der Waals surface area contributed by atoms with Gasteiger partial charge in [-0.2, -0.15) is 0 Å². The van der Waals surface area contributed by atoms with E-state index in [2.05, 4.69) is 91.5 Å². The van der Waals surface area contributed by atoms with Gasteiger partial charge in [-0.25, -0.2) is 0 Å². The van der Waals surface area contributed by atoms with Gasteiger partial charge in [0, 0.05) is 11.3 Å². The van der Waals surface area contributed by atoms with E-state index >= 15 is 0 Å². The summed E-state index contributed by atoms with van der Waals surface area (Å²) in [7, 11) is 0. The third-order valence-electron chi connectivity index (χ3n) is 7.51. The second kappa shape index (κ2) is 7.67. The fourth-order valence-electron chi connectivity index (χ4n) is 6.37. The summed E-state index contributed by atoms with van der Waals surface area (Å²) < 4.78 is 0. The van der Waals surface area contributed by atoms with Crippen LogP contribution in [0, 0.1) is 5.92 Å². The van der Waals surface area contributed by atoms with E-state index in [1.54, 1.807) is 0 Å². The lowest BCUT2D eigenvalue weighted by Crippen LogP contribution is -2.40. The van der Waals surface area contributed by atoms with Gasteiger partial charge in [0.25, 0.3) is 0 Å². The molecule has 2 aliphatic rings. The Morgan fingerprint density at radius 1 is 0.759 bits per heavy atom. The van der Waals surface area contributed by atoms with Gasteiger partial charge in [-0.05, 0) is 59.4 Å². The van der Waals surface area contributed by atoms with E-state index in [0.29, 0.717) is 11.8 Å². The molecule has 0 nitrogen and oxygen atoms in total. The molecule has 1 saturated carbocycles. The molecule has 0 N–H and O–H groups in total. The van der Waals surface area contributed by atoms with Crippen LogP contribution in [0.4, 0.5) is 0 Å². The summed E-state index contributed by atoms with van der Waals surface area (Å²) in [6, 6.07) is 29.7. The van der Waals surface area contributed by atoms with E-state index in [1.807, 2.05) is 0 Å². The zero-order valence-corrected chi connectivity index (χ0v) is 17.2. The van der Waals surface area contributed by atoms with Crippen molar-refractivity contribution in [1.82, 2.24) is 0 Å². The van der Waals surface area contributed by atoms with E-state index in [4.69, 9.17) is 0 Å². The van der Waals surface area contributed by atoms with Crippen molar-refractivity contribution in [3.05, 3.63) is 108 Å². The Morgan fingerprint density at radius 2 is 1.31 bits per heavy atom. The second-order valence-corrected chi connectivity index (χ2v) is 8.82. The maximum atomic E-state index is 4.10. The lowest BCUT2D eigenvalue weighted by molar-refractivity contribution is 0.224. The van der Waals surface area contributed by atoms with Gasteiger partial charge in [0.1, 0.15) is 0 Å². The summed E-state index contributed by atoms with van der Waals surface area (Å²) in [5, 5.41) is 0. The first kappa shape index (κ1) is 18.4. The van der Waals surface area contributed by atoms with E-state index in [9.17, 15) is 0 Å². The summed E-state index contributed by atoms with van der Waals surface area (Å²) in [6.45, 7) is 4.10. The van der Waals surface area contributed by atoms with Crippen LogP contribution >= 0.6 is 0 Å². The molecule has 3 aromatic rings. The third kappa shape index (κ3) is 2.89. The van der Waals surface area contributed by atoms with Crippen LogP contribution in [0.3, 0.4) is 0 Å². The van der Waals surface area contributed by atoms with Gasteiger partial charge in [-0.3, -0.25) is 0 Å². The number of rotatable bonds is 6. The molecular weight excluding hydrogens is 348 g/mol. The van der Waals surface area contributed by atoms with Crippen LogP contribution in [0.5, 0.6) is 0 Å². The first-order valence-corrected chi connectivity index (χ1v) is 11.2. The second-order valence-electron chi connectivity index (χ2n) is 8.82. The molecule has 1 unspecified atom stereocenters. The monoisotopic (exact) mass is 378 g/mol. The van der Waals surface area contributed by atoms with Crippen molar-refractivity contribution in [2.45, 2.75) is 49.9 Å². The molecule has 2 aliphatic carbocycles. The molecule has 0 radical (unpaired) electrons. The predicted molar refractivity (Wildman–Crippen MR) is 123 cm³/mol. The van der Waals surface area contributed by atoms with E-state index in [0.717, 1.165) is 6.42 Å². The minimum atomic E-state index is 0.120. The quantitative estimate of drug-likeness (QED) is 0.382. The van der Waals surface area contributed by atoms with Crippen molar-refractivity contribution >= 4 is 0 Å². The van der Waals surface area contributed by atoms with Crippen LogP contribution < -0.4 is 0 Å². The highest BCUT2D eigenvalue weighted by molar-refractivity contribution is 5.80. The van der Waals surface area contributed by atoms with Crippen molar-refractivity contribution in [3.63, 3.8) is 0 Å². The van der Waals surface area contributed by atoms with E-state index < -0.39 is 0 Å². The van der Waals surface area contributed by atoms with Crippen LogP contribution in [-0.4, -0.2) is 0 Å². The van der Waals surface area contributed by atoms with Crippen molar-refractivity contribution in [2.75, 3.05) is 0 Å². The number of fused-ring (bicyclic) bond motifs is 3. The Balaban J connectivity index is 1.80. The Kier molecular flexibility index (Phi) is 4.87. The molecular formula is C29H30. The summed E-state index contributed by atoms with van der Waals surface area (Å²) in [5.41, 5.74) is 7.55. The Hall–Kier alpha value is -2.60. The van der Waals surface area contributed by atoms with Crippen LogP contribution in [0.1, 0.15) is 61.1 Å². The molecule has 0 heterocycles. The Labute approximate surface area is 175 Å². The fourth-order valence-corrected chi connectivity index (χ4v) is 6.37. The minimum absolute atomic E-state index is 0.120. The van der Waals surface area contributed by atoms with Crippen LogP contribution in [-0.2, 0) is 5.41 Å².